The predicted molar refractivity (Wildman–Crippen MR) is 138 cm³/mol. The summed E-state index contributed by atoms with van der Waals surface area (Å²) in [6.45, 7) is 2.70. The second-order valence-electron chi connectivity index (χ2n) is 10.4. The number of allylic oxidation sites excluding steroid dienone is 3. The third kappa shape index (κ3) is 4.93. The zero-order chi connectivity index (χ0) is 25.1. The first-order chi connectivity index (χ1) is 17.6. The van der Waals surface area contributed by atoms with Crippen molar-refractivity contribution < 1.29 is 19.1 Å². The zero-order valence-corrected chi connectivity index (χ0v) is 21.0. The first-order valence-electron chi connectivity index (χ1n) is 13.5. The number of ether oxygens (including phenoxy) is 1. The van der Waals surface area contributed by atoms with Gasteiger partial charge in [0.1, 0.15) is 6.42 Å². The van der Waals surface area contributed by atoms with Crippen LogP contribution in [-0.2, 0) is 19.1 Å². The normalized spacial score (nSPS) is 30.6. The number of carbonyl (C=O) groups is 3. The second-order valence-corrected chi connectivity index (χ2v) is 10.4. The molecule has 0 radical (unpaired) electrons. The van der Waals surface area contributed by atoms with Crippen molar-refractivity contribution in [2.45, 2.75) is 70.0 Å². The highest BCUT2D eigenvalue weighted by Crippen LogP contribution is 2.49. The van der Waals surface area contributed by atoms with Gasteiger partial charge in [0.25, 0.3) is 0 Å². The average molecular weight is 492 g/mol. The highest BCUT2D eigenvalue weighted by Gasteiger charge is 2.49. The maximum absolute atomic E-state index is 14.1. The summed E-state index contributed by atoms with van der Waals surface area (Å²) in [6, 6.07) is 8.45. The van der Waals surface area contributed by atoms with Crippen LogP contribution in [0.2, 0.25) is 0 Å². The summed E-state index contributed by atoms with van der Waals surface area (Å²) in [5, 5.41) is 6.81. The van der Waals surface area contributed by atoms with E-state index in [1.807, 2.05) is 0 Å². The van der Waals surface area contributed by atoms with Crippen molar-refractivity contribution in [3.05, 3.63) is 54.1 Å². The number of benzene rings is 1. The number of esters is 1. The number of amides is 2. The van der Waals surface area contributed by atoms with Gasteiger partial charge in [-0.2, -0.15) is 0 Å². The Hall–Kier alpha value is -3.09. The van der Waals surface area contributed by atoms with Gasteiger partial charge in [0, 0.05) is 36.2 Å². The summed E-state index contributed by atoms with van der Waals surface area (Å²) in [5.74, 6) is -0.275. The van der Waals surface area contributed by atoms with Gasteiger partial charge in [0.05, 0.1) is 18.6 Å². The average Bonchev–Trinajstić information content (AvgIpc) is 3.34. The van der Waals surface area contributed by atoms with Crippen LogP contribution in [0.15, 0.2) is 48.6 Å². The first kappa shape index (κ1) is 24.6. The van der Waals surface area contributed by atoms with Crippen molar-refractivity contribution >= 4 is 23.5 Å². The standard InChI is InChI=1S/C29H37N3O4/c1-2-36-26(34)18-25(33)30-24-15-9-7-13-21(24)29(35)32-17-16-22-27(19-10-4-3-5-11-19)31-23-14-8-6-12-20(23)28(22)32/h3-6,8,10,12,14,19,21-22,24,27-28,31H,2,7,9,11,13,15-18H2,1H3,(H,30,33)/t19?,21?,22-,24-,27+,28+/m1/s1. The molecule has 0 aromatic heterocycles. The molecule has 0 bridgehead atoms. The lowest BCUT2D eigenvalue weighted by Gasteiger charge is -2.44. The van der Waals surface area contributed by atoms with E-state index in [-0.39, 0.29) is 48.9 Å². The Balaban J connectivity index is 1.36. The molecule has 1 saturated heterocycles. The van der Waals surface area contributed by atoms with Gasteiger partial charge in [-0.25, -0.2) is 0 Å². The number of para-hydroxylation sites is 1. The Morgan fingerprint density at radius 1 is 1.11 bits per heavy atom. The molecule has 36 heavy (non-hydrogen) atoms. The van der Waals surface area contributed by atoms with Gasteiger partial charge in [-0.1, -0.05) is 55.3 Å². The van der Waals surface area contributed by atoms with E-state index in [9.17, 15) is 14.4 Å². The summed E-state index contributed by atoms with van der Waals surface area (Å²) >= 11 is 0. The molecule has 7 nitrogen and oxygen atoms in total. The molecular formula is C29H37N3O4. The molecule has 7 heteroatoms. The van der Waals surface area contributed by atoms with E-state index in [2.05, 4.69) is 64.1 Å². The fraction of sp³-hybridized carbons (Fsp3) is 0.552. The SMILES string of the molecule is CCOC(=O)CC(=O)N[C@@H]1CCCCC1C(=O)N1CC[C@@H]2[C@H](C3C=CC=CC3)Nc3ccccc3[C@@H]21. The third-order valence-corrected chi connectivity index (χ3v) is 8.31. The number of nitrogens with one attached hydrogen (secondary N) is 2. The summed E-state index contributed by atoms with van der Waals surface area (Å²) < 4.78 is 4.92. The maximum atomic E-state index is 14.1. The van der Waals surface area contributed by atoms with Gasteiger partial charge in [0.15, 0.2) is 0 Å². The third-order valence-electron chi connectivity index (χ3n) is 8.31. The minimum absolute atomic E-state index is 0.0390. The van der Waals surface area contributed by atoms with E-state index >= 15 is 0 Å². The van der Waals surface area contributed by atoms with Crippen molar-refractivity contribution in [1.29, 1.82) is 0 Å². The predicted octanol–water partition coefficient (Wildman–Crippen LogP) is 4.13. The fourth-order valence-corrected chi connectivity index (χ4v) is 6.71. The van der Waals surface area contributed by atoms with Crippen molar-refractivity contribution in [2.24, 2.45) is 17.8 Å². The first-order valence-corrected chi connectivity index (χ1v) is 13.5. The van der Waals surface area contributed by atoms with Gasteiger partial charge >= 0.3 is 5.97 Å². The van der Waals surface area contributed by atoms with Gasteiger partial charge in [-0.05, 0) is 44.2 Å². The van der Waals surface area contributed by atoms with Crippen LogP contribution in [0.4, 0.5) is 5.69 Å². The van der Waals surface area contributed by atoms with E-state index < -0.39 is 5.97 Å². The van der Waals surface area contributed by atoms with E-state index in [0.717, 1.165) is 50.8 Å². The zero-order valence-electron chi connectivity index (χ0n) is 21.0. The van der Waals surface area contributed by atoms with Gasteiger partial charge < -0.3 is 20.3 Å². The lowest BCUT2D eigenvalue weighted by Crippen LogP contribution is -2.51. The number of fused-ring (bicyclic) bond motifs is 3. The minimum Gasteiger partial charge on any atom is -0.466 e. The summed E-state index contributed by atoms with van der Waals surface area (Å²) in [5.41, 5.74) is 2.31. The number of likely N-dealkylation sites (tertiary alicyclic amines) is 1. The van der Waals surface area contributed by atoms with Crippen LogP contribution in [0, 0.1) is 17.8 Å². The summed E-state index contributed by atoms with van der Waals surface area (Å²) in [6.07, 6.45) is 13.9. The van der Waals surface area contributed by atoms with Gasteiger partial charge in [-0.3, -0.25) is 14.4 Å². The fourth-order valence-electron chi connectivity index (χ4n) is 6.71. The summed E-state index contributed by atoms with van der Waals surface area (Å²) in [4.78, 5) is 40.5. The van der Waals surface area contributed by atoms with E-state index in [1.54, 1.807) is 6.92 Å². The molecule has 4 aliphatic rings. The Morgan fingerprint density at radius 3 is 2.75 bits per heavy atom. The van der Waals surface area contributed by atoms with E-state index in [1.165, 1.54) is 5.56 Å². The molecule has 2 N–H and O–H groups in total. The van der Waals surface area contributed by atoms with Crippen LogP contribution in [0.25, 0.3) is 0 Å². The minimum atomic E-state index is -0.528. The Labute approximate surface area is 213 Å². The number of rotatable bonds is 6. The molecule has 2 unspecified atom stereocenters. The van der Waals surface area contributed by atoms with E-state index in [4.69, 9.17) is 4.74 Å². The number of hydrogen-bond acceptors (Lipinski definition) is 5. The molecule has 5 rings (SSSR count). The van der Waals surface area contributed by atoms with Crippen LogP contribution in [0.3, 0.4) is 0 Å². The molecule has 2 heterocycles. The number of hydrogen-bond donors (Lipinski definition) is 2. The Kier molecular flexibility index (Phi) is 7.44. The molecule has 2 amide bonds. The van der Waals surface area contributed by atoms with E-state index in [0.29, 0.717) is 11.8 Å². The molecule has 2 aliphatic heterocycles. The highest BCUT2D eigenvalue weighted by atomic mass is 16.5. The molecule has 2 fully saturated rings. The quantitative estimate of drug-likeness (QED) is 0.462. The van der Waals surface area contributed by atoms with Crippen LogP contribution < -0.4 is 10.6 Å². The highest BCUT2D eigenvalue weighted by molar-refractivity contribution is 5.94. The Morgan fingerprint density at radius 2 is 1.94 bits per heavy atom. The van der Waals surface area contributed by atoms with Crippen LogP contribution >= 0.6 is 0 Å². The topological polar surface area (TPSA) is 87.7 Å². The number of nitrogens with zero attached hydrogens (tertiary/aromatic N) is 1. The van der Waals surface area contributed by atoms with Crippen LogP contribution in [0.5, 0.6) is 0 Å². The molecule has 1 aromatic rings. The van der Waals surface area contributed by atoms with Crippen molar-refractivity contribution in [3.8, 4) is 0 Å². The van der Waals surface area contributed by atoms with Crippen molar-refractivity contribution in [1.82, 2.24) is 10.2 Å². The van der Waals surface area contributed by atoms with Crippen molar-refractivity contribution in [2.75, 3.05) is 18.5 Å². The molecular weight excluding hydrogens is 454 g/mol. The molecule has 1 saturated carbocycles. The molecule has 0 spiro atoms. The largest absolute Gasteiger partial charge is 0.466 e. The lowest BCUT2D eigenvalue weighted by atomic mass is 9.75. The van der Waals surface area contributed by atoms with Crippen LogP contribution in [-0.4, -0.2) is 47.9 Å². The van der Waals surface area contributed by atoms with Gasteiger partial charge in [-0.15, -0.1) is 0 Å². The maximum Gasteiger partial charge on any atom is 0.315 e. The second kappa shape index (κ2) is 10.9. The molecule has 192 valence electrons. The molecule has 1 aromatic carbocycles. The number of anilines is 1. The van der Waals surface area contributed by atoms with Gasteiger partial charge in [0.2, 0.25) is 11.8 Å². The molecule has 6 atom stereocenters. The Bertz CT molecular complexity index is 1050. The smallest absolute Gasteiger partial charge is 0.315 e. The summed E-state index contributed by atoms with van der Waals surface area (Å²) in [7, 11) is 0. The number of carbonyl (C=O) groups excluding carboxylic acids is 3. The van der Waals surface area contributed by atoms with Crippen molar-refractivity contribution in [3.63, 3.8) is 0 Å². The van der Waals surface area contributed by atoms with Crippen LogP contribution in [0.1, 0.15) is 63.5 Å². The monoisotopic (exact) mass is 491 g/mol. The molecule has 2 aliphatic carbocycles. The lowest BCUT2D eigenvalue weighted by molar-refractivity contribution is -0.146.